The maximum absolute atomic E-state index is 2.33. The topological polar surface area (TPSA) is 0 Å². The second kappa shape index (κ2) is 3.56. The molecule has 0 N–H and O–H groups in total. The van der Waals surface area contributed by atoms with Gasteiger partial charge in [-0.2, -0.15) is 0 Å². The van der Waals surface area contributed by atoms with E-state index in [1.807, 2.05) is 0 Å². The summed E-state index contributed by atoms with van der Waals surface area (Å²) in [5.74, 6) is 0.596. The Balaban J connectivity index is 2.86. The Morgan fingerprint density at radius 2 is 2.18 bits per heavy atom. The molecule has 0 heteroatoms. The van der Waals surface area contributed by atoms with Crippen molar-refractivity contribution >= 4 is 0 Å². The number of rotatable bonds is 1. The van der Waals surface area contributed by atoms with Crippen molar-refractivity contribution in [2.24, 2.45) is 5.92 Å². The van der Waals surface area contributed by atoms with E-state index in [2.05, 4.69) is 45.1 Å². The third-order valence-corrected chi connectivity index (χ3v) is 1.96. The third kappa shape index (κ3) is 2.38. The van der Waals surface area contributed by atoms with E-state index in [-0.39, 0.29) is 0 Å². The highest BCUT2D eigenvalue weighted by molar-refractivity contribution is 5.33. The summed E-state index contributed by atoms with van der Waals surface area (Å²) in [6, 6.07) is 0. The fourth-order valence-electron chi connectivity index (χ4n) is 1.31. The zero-order valence-electron chi connectivity index (χ0n) is 7.59. The first-order chi connectivity index (χ1) is 5.22. The van der Waals surface area contributed by atoms with Gasteiger partial charge in [-0.1, -0.05) is 49.3 Å². The van der Waals surface area contributed by atoms with Crippen molar-refractivity contribution in [3.8, 4) is 0 Å². The summed E-state index contributed by atoms with van der Waals surface area (Å²) in [6.45, 7) is 6.57. The molecular formula is C11H16. The molecule has 0 heterocycles. The van der Waals surface area contributed by atoms with Crippen molar-refractivity contribution in [2.75, 3.05) is 0 Å². The molecule has 0 amide bonds. The van der Waals surface area contributed by atoms with Gasteiger partial charge in [0.25, 0.3) is 0 Å². The Kier molecular flexibility index (Phi) is 2.70. The van der Waals surface area contributed by atoms with Crippen LogP contribution in [0.15, 0.2) is 35.5 Å². The summed E-state index contributed by atoms with van der Waals surface area (Å²) in [4.78, 5) is 0. The van der Waals surface area contributed by atoms with Gasteiger partial charge >= 0.3 is 0 Å². The monoisotopic (exact) mass is 148 g/mol. The fourth-order valence-corrected chi connectivity index (χ4v) is 1.31. The van der Waals surface area contributed by atoms with Crippen molar-refractivity contribution < 1.29 is 0 Å². The van der Waals surface area contributed by atoms with Gasteiger partial charge in [0.05, 0.1) is 0 Å². The van der Waals surface area contributed by atoms with Gasteiger partial charge in [0.2, 0.25) is 0 Å². The van der Waals surface area contributed by atoms with Crippen molar-refractivity contribution in [1.82, 2.24) is 0 Å². The van der Waals surface area contributed by atoms with E-state index < -0.39 is 0 Å². The van der Waals surface area contributed by atoms with E-state index in [0.29, 0.717) is 5.92 Å². The average Bonchev–Trinajstić information content (AvgIpc) is 2.13. The minimum atomic E-state index is 0.596. The van der Waals surface area contributed by atoms with Gasteiger partial charge in [-0.3, -0.25) is 0 Å². The molecule has 0 spiro atoms. The van der Waals surface area contributed by atoms with E-state index >= 15 is 0 Å². The molecule has 1 atom stereocenters. The lowest BCUT2D eigenvalue weighted by molar-refractivity contribution is 0.921. The first-order valence-electron chi connectivity index (χ1n) is 4.29. The van der Waals surface area contributed by atoms with Crippen molar-refractivity contribution in [2.45, 2.75) is 27.2 Å². The van der Waals surface area contributed by atoms with E-state index in [4.69, 9.17) is 0 Å². The van der Waals surface area contributed by atoms with Crippen molar-refractivity contribution in [1.29, 1.82) is 0 Å². The summed E-state index contributed by atoms with van der Waals surface area (Å²) in [5.41, 5.74) is 2.82. The third-order valence-electron chi connectivity index (χ3n) is 1.96. The van der Waals surface area contributed by atoms with Crippen LogP contribution in [0, 0.1) is 5.92 Å². The summed E-state index contributed by atoms with van der Waals surface area (Å²) in [7, 11) is 0. The van der Waals surface area contributed by atoms with Crippen LogP contribution in [-0.4, -0.2) is 0 Å². The molecule has 0 fully saturated rings. The Hall–Kier alpha value is -0.780. The fraction of sp³-hybridized carbons (Fsp3) is 0.455. The predicted octanol–water partition coefficient (Wildman–Crippen LogP) is 3.48. The molecule has 60 valence electrons. The Bertz CT molecular complexity index is 216. The summed E-state index contributed by atoms with van der Waals surface area (Å²) >= 11 is 0. The molecule has 0 aromatic heterocycles. The maximum Gasteiger partial charge on any atom is -0.00728 e. The smallest absolute Gasteiger partial charge is 0.00728 e. The van der Waals surface area contributed by atoms with Crippen LogP contribution >= 0.6 is 0 Å². The van der Waals surface area contributed by atoms with Crippen LogP contribution < -0.4 is 0 Å². The van der Waals surface area contributed by atoms with Crippen LogP contribution in [0.1, 0.15) is 27.2 Å². The quantitative estimate of drug-likeness (QED) is 0.534. The van der Waals surface area contributed by atoms with Gasteiger partial charge in [0.1, 0.15) is 0 Å². The van der Waals surface area contributed by atoms with Crippen molar-refractivity contribution in [3.63, 3.8) is 0 Å². The normalized spacial score (nSPS) is 24.1. The van der Waals surface area contributed by atoms with Crippen LogP contribution in [0.2, 0.25) is 0 Å². The Morgan fingerprint density at radius 1 is 1.45 bits per heavy atom. The number of hydrogen-bond acceptors (Lipinski definition) is 0. The SMILES string of the molecule is CCC1=CC(C)C=CC(C)=C1. The predicted molar refractivity (Wildman–Crippen MR) is 50.4 cm³/mol. The standard InChI is InChI=1S/C11H16/c1-4-11-7-9(2)5-6-10(3)8-11/h5-9H,4H2,1-3H3. The van der Waals surface area contributed by atoms with Gasteiger partial charge in [-0.15, -0.1) is 0 Å². The molecule has 1 unspecified atom stereocenters. The second-order valence-electron chi connectivity index (χ2n) is 3.20. The van der Waals surface area contributed by atoms with Crippen LogP contribution in [0.3, 0.4) is 0 Å². The lowest BCUT2D eigenvalue weighted by atomic mass is 10.1. The zero-order valence-corrected chi connectivity index (χ0v) is 7.59. The molecule has 0 aromatic carbocycles. The number of hydrogen-bond donors (Lipinski definition) is 0. The molecule has 1 aliphatic carbocycles. The molecule has 0 aromatic rings. The molecule has 0 bridgehead atoms. The maximum atomic E-state index is 2.33. The van der Waals surface area contributed by atoms with Crippen LogP contribution in [0.4, 0.5) is 0 Å². The van der Waals surface area contributed by atoms with Crippen LogP contribution in [0.5, 0.6) is 0 Å². The minimum absolute atomic E-state index is 0.596. The molecule has 0 saturated heterocycles. The molecule has 0 aliphatic heterocycles. The molecule has 0 radical (unpaired) electrons. The summed E-state index contributed by atoms with van der Waals surface area (Å²) < 4.78 is 0. The Labute approximate surface area is 69.3 Å². The summed E-state index contributed by atoms with van der Waals surface area (Å²) in [5, 5.41) is 0. The largest absolute Gasteiger partial charge is 0.0776 e. The van der Waals surface area contributed by atoms with Crippen LogP contribution in [-0.2, 0) is 0 Å². The molecule has 0 nitrogen and oxygen atoms in total. The first-order valence-corrected chi connectivity index (χ1v) is 4.29. The number of allylic oxidation sites excluding steroid dienone is 6. The summed E-state index contributed by atoms with van der Waals surface area (Å²) in [6.07, 6.45) is 10.2. The highest BCUT2D eigenvalue weighted by atomic mass is 14.0. The van der Waals surface area contributed by atoms with E-state index in [1.165, 1.54) is 11.1 Å². The molecule has 1 rings (SSSR count). The van der Waals surface area contributed by atoms with Crippen LogP contribution in [0.25, 0.3) is 0 Å². The molecule has 0 saturated carbocycles. The van der Waals surface area contributed by atoms with Gasteiger partial charge in [-0.05, 0) is 19.3 Å². The highest BCUT2D eigenvalue weighted by Gasteiger charge is 1.98. The van der Waals surface area contributed by atoms with E-state index in [9.17, 15) is 0 Å². The van der Waals surface area contributed by atoms with Gasteiger partial charge < -0.3 is 0 Å². The molecule has 1 aliphatic rings. The first kappa shape index (κ1) is 8.32. The second-order valence-corrected chi connectivity index (χ2v) is 3.20. The Morgan fingerprint density at radius 3 is 2.82 bits per heavy atom. The van der Waals surface area contributed by atoms with Crippen molar-refractivity contribution in [3.05, 3.63) is 35.5 Å². The van der Waals surface area contributed by atoms with Gasteiger partial charge in [0, 0.05) is 0 Å². The average molecular weight is 148 g/mol. The molecule has 11 heavy (non-hydrogen) atoms. The van der Waals surface area contributed by atoms with E-state index in [0.717, 1.165) is 6.42 Å². The minimum Gasteiger partial charge on any atom is -0.0776 e. The van der Waals surface area contributed by atoms with E-state index in [1.54, 1.807) is 0 Å². The van der Waals surface area contributed by atoms with Gasteiger partial charge in [0.15, 0.2) is 0 Å². The highest BCUT2D eigenvalue weighted by Crippen LogP contribution is 2.16. The zero-order chi connectivity index (χ0) is 8.27. The van der Waals surface area contributed by atoms with Gasteiger partial charge in [-0.25, -0.2) is 0 Å². The molecular weight excluding hydrogens is 132 g/mol. The lowest BCUT2D eigenvalue weighted by Crippen LogP contribution is -1.83. The lowest BCUT2D eigenvalue weighted by Gasteiger charge is -1.98.